The van der Waals surface area contributed by atoms with Crippen molar-refractivity contribution in [2.24, 2.45) is 0 Å². The summed E-state index contributed by atoms with van der Waals surface area (Å²) in [6.07, 6.45) is -5.99. The molecule has 1 aliphatic rings. The van der Waals surface area contributed by atoms with Gasteiger partial charge in [0.1, 0.15) is 12.1 Å². The second-order valence-electron chi connectivity index (χ2n) is 6.52. The van der Waals surface area contributed by atoms with Crippen LogP contribution in [-0.4, -0.2) is 59.6 Å². The molecule has 2 N–H and O–H groups in total. The number of likely N-dealkylation sites (tertiary alicyclic amines) is 1. The van der Waals surface area contributed by atoms with Crippen LogP contribution in [0.4, 0.5) is 13.2 Å². The average molecular weight is 402 g/mol. The summed E-state index contributed by atoms with van der Waals surface area (Å²) < 4.78 is 44.2. The molecule has 1 aliphatic heterocycles. The summed E-state index contributed by atoms with van der Waals surface area (Å²) in [7, 11) is 1.05. The van der Waals surface area contributed by atoms with Crippen molar-refractivity contribution in [1.29, 1.82) is 0 Å². The number of halogens is 3. The summed E-state index contributed by atoms with van der Waals surface area (Å²) in [6.45, 7) is 1.20. The van der Waals surface area contributed by atoms with Crippen LogP contribution in [0.3, 0.4) is 0 Å². The zero-order valence-electron chi connectivity index (χ0n) is 15.3. The molecule has 1 aromatic carbocycles. The van der Waals surface area contributed by atoms with Crippen molar-refractivity contribution >= 4 is 17.8 Å². The van der Waals surface area contributed by atoms with Crippen molar-refractivity contribution in [2.45, 2.75) is 44.1 Å². The van der Waals surface area contributed by atoms with Crippen LogP contribution >= 0.6 is 0 Å². The second-order valence-corrected chi connectivity index (χ2v) is 6.52. The number of hydrogen-bond donors (Lipinski definition) is 2. The van der Waals surface area contributed by atoms with E-state index in [1.807, 2.05) is 0 Å². The molecule has 1 aromatic rings. The van der Waals surface area contributed by atoms with Gasteiger partial charge in [0, 0.05) is 26.3 Å². The first kappa shape index (κ1) is 21.7. The Bertz CT molecular complexity index is 753. The van der Waals surface area contributed by atoms with Crippen molar-refractivity contribution in [2.75, 3.05) is 13.7 Å². The molecule has 1 heterocycles. The number of aliphatic hydroxyl groups excluding tert-OH is 1. The fraction of sp³-hybridized carbons (Fsp3) is 0.500. The Hall–Kier alpha value is -2.62. The number of carbonyl (C=O) groups excluding carboxylic acids is 3. The van der Waals surface area contributed by atoms with E-state index in [4.69, 9.17) is 0 Å². The number of methoxy groups -OCH3 is 1. The van der Waals surface area contributed by atoms with Gasteiger partial charge < -0.3 is 20.1 Å². The molecule has 1 saturated heterocycles. The van der Waals surface area contributed by atoms with E-state index in [2.05, 4.69) is 10.1 Å². The number of amides is 2. The summed E-state index contributed by atoms with van der Waals surface area (Å²) in [5.41, 5.74) is -1.10. The molecular weight excluding hydrogens is 381 g/mol. The van der Waals surface area contributed by atoms with Crippen molar-refractivity contribution in [3.63, 3.8) is 0 Å². The summed E-state index contributed by atoms with van der Waals surface area (Å²) in [4.78, 5) is 37.4. The lowest BCUT2D eigenvalue weighted by Crippen LogP contribution is -2.51. The number of ether oxygens (including phenoxy) is 1. The van der Waals surface area contributed by atoms with E-state index in [1.54, 1.807) is 0 Å². The van der Waals surface area contributed by atoms with Gasteiger partial charge in [-0.15, -0.1) is 0 Å². The smallest absolute Gasteiger partial charge is 0.416 e. The van der Waals surface area contributed by atoms with Gasteiger partial charge in [-0.25, -0.2) is 4.79 Å². The standard InChI is InChI=1S/C18H21F3N2O5/c1-10(24)23-9-12(25)8-15(23)16(26)22-14(17(27)28-2)7-11-5-3-4-6-13(11)18(19,20)21/h3-6,12,14-15,25H,7-9H2,1-2H3,(H,22,26)/t12-,14-,15+/m1/s1. The van der Waals surface area contributed by atoms with Gasteiger partial charge in [0.15, 0.2) is 0 Å². The molecule has 0 aliphatic carbocycles. The molecule has 0 saturated carbocycles. The zero-order valence-corrected chi connectivity index (χ0v) is 15.3. The number of nitrogens with zero attached hydrogens (tertiary/aromatic N) is 1. The van der Waals surface area contributed by atoms with Gasteiger partial charge in [0.05, 0.1) is 18.8 Å². The highest BCUT2D eigenvalue weighted by Gasteiger charge is 2.39. The van der Waals surface area contributed by atoms with E-state index in [-0.39, 0.29) is 18.5 Å². The summed E-state index contributed by atoms with van der Waals surface area (Å²) in [5.74, 6) is -2.10. The Morgan fingerprint density at radius 3 is 2.54 bits per heavy atom. The molecule has 10 heteroatoms. The maximum atomic E-state index is 13.2. The summed E-state index contributed by atoms with van der Waals surface area (Å²) in [5, 5.41) is 12.1. The molecule has 0 spiro atoms. The third kappa shape index (κ3) is 5.00. The maximum Gasteiger partial charge on any atom is 0.416 e. The predicted octanol–water partition coefficient (Wildman–Crippen LogP) is 0.887. The Morgan fingerprint density at radius 2 is 1.96 bits per heavy atom. The van der Waals surface area contributed by atoms with Crippen LogP contribution in [0.2, 0.25) is 0 Å². The number of alkyl halides is 3. The highest BCUT2D eigenvalue weighted by molar-refractivity contribution is 5.91. The second kappa shape index (κ2) is 8.59. The molecule has 1 fully saturated rings. The van der Waals surface area contributed by atoms with Crippen molar-refractivity contribution in [3.05, 3.63) is 35.4 Å². The fourth-order valence-corrected chi connectivity index (χ4v) is 3.21. The number of aliphatic hydroxyl groups is 1. The Labute approximate surface area is 159 Å². The minimum Gasteiger partial charge on any atom is -0.467 e. The maximum absolute atomic E-state index is 13.2. The lowest BCUT2D eigenvalue weighted by atomic mass is 9.99. The van der Waals surface area contributed by atoms with Crippen LogP contribution < -0.4 is 5.32 Å². The van der Waals surface area contributed by atoms with Gasteiger partial charge in [-0.2, -0.15) is 13.2 Å². The van der Waals surface area contributed by atoms with Gasteiger partial charge in [-0.05, 0) is 11.6 Å². The molecule has 0 unspecified atom stereocenters. The monoisotopic (exact) mass is 402 g/mol. The highest BCUT2D eigenvalue weighted by Crippen LogP contribution is 2.32. The molecule has 7 nitrogen and oxygen atoms in total. The molecule has 154 valence electrons. The molecule has 2 rings (SSSR count). The quantitative estimate of drug-likeness (QED) is 0.714. The first-order valence-corrected chi connectivity index (χ1v) is 8.53. The topological polar surface area (TPSA) is 95.9 Å². The molecular formula is C18H21F3N2O5. The fourth-order valence-electron chi connectivity index (χ4n) is 3.21. The van der Waals surface area contributed by atoms with Crippen molar-refractivity contribution < 1.29 is 37.4 Å². The first-order valence-electron chi connectivity index (χ1n) is 8.53. The van der Waals surface area contributed by atoms with Gasteiger partial charge in [0.25, 0.3) is 0 Å². The molecule has 2 amide bonds. The zero-order chi connectivity index (χ0) is 21.1. The summed E-state index contributed by atoms with van der Waals surface area (Å²) in [6, 6.07) is 2.32. The molecule has 0 radical (unpaired) electrons. The SMILES string of the molecule is COC(=O)[C@@H](Cc1ccccc1C(F)(F)F)NC(=O)[C@@H]1C[C@@H](O)CN1C(C)=O. The van der Waals surface area contributed by atoms with Gasteiger partial charge in [0.2, 0.25) is 11.8 Å². The van der Waals surface area contributed by atoms with Gasteiger partial charge >= 0.3 is 12.1 Å². The third-order valence-corrected chi connectivity index (χ3v) is 4.54. The molecule has 0 aromatic heterocycles. The Kier molecular flexibility index (Phi) is 6.65. The summed E-state index contributed by atoms with van der Waals surface area (Å²) >= 11 is 0. The minimum atomic E-state index is -4.62. The van der Waals surface area contributed by atoms with Gasteiger partial charge in [-0.3, -0.25) is 9.59 Å². The van der Waals surface area contributed by atoms with Crippen LogP contribution in [0.15, 0.2) is 24.3 Å². The lowest BCUT2D eigenvalue weighted by Gasteiger charge is -2.25. The Balaban J connectivity index is 2.23. The Morgan fingerprint density at radius 1 is 1.32 bits per heavy atom. The molecule has 28 heavy (non-hydrogen) atoms. The van der Waals surface area contributed by atoms with Crippen LogP contribution in [0.25, 0.3) is 0 Å². The van der Waals surface area contributed by atoms with Crippen LogP contribution in [0, 0.1) is 0 Å². The van der Waals surface area contributed by atoms with E-state index >= 15 is 0 Å². The van der Waals surface area contributed by atoms with E-state index in [9.17, 15) is 32.7 Å². The van der Waals surface area contributed by atoms with Crippen LogP contribution in [-0.2, 0) is 31.7 Å². The predicted molar refractivity (Wildman–Crippen MR) is 90.9 cm³/mol. The minimum absolute atomic E-state index is 0.0293. The average Bonchev–Trinajstić information content (AvgIpc) is 3.02. The van der Waals surface area contributed by atoms with E-state index in [0.29, 0.717) is 0 Å². The number of esters is 1. The molecule has 0 bridgehead atoms. The van der Waals surface area contributed by atoms with E-state index < -0.39 is 54.1 Å². The van der Waals surface area contributed by atoms with Crippen LogP contribution in [0.5, 0.6) is 0 Å². The lowest BCUT2D eigenvalue weighted by molar-refractivity contribution is -0.146. The number of β-amino-alcohol motifs (C(OH)–C–C–N with tert-alkyl or cyclic N) is 1. The number of rotatable bonds is 5. The largest absolute Gasteiger partial charge is 0.467 e. The van der Waals surface area contributed by atoms with Gasteiger partial charge in [-0.1, -0.05) is 18.2 Å². The number of nitrogens with one attached hydrogen (secondary N) is 1. The van der Waals surface area contributed by atoms with E-state index in [0.717, 1.165) is 18.1 Å². The highest BCUT2D eigenvalue weighted by atomic mass is 19.4. The third-order valence-electron chi connectivity index (χ3n) is 4.54. The van der Waals surface area contributed by atoms with Crippen molar-refractivity contribution in [3.8, 4) is 0 Å². The van der Waals surface area contributed by atoms with E-state index in [1.165, 1.54) is 25.1 Å². The normalized spacial score (nSPS) is 20.6. The van der Waals surface area contributed by atoms with Crippen LogP contribution in [0.1, 0.15) is 24.5 Å². The number of benzene rings is 1. The number of hydrogen-bond acceptors (Lipinski definition) is 5. The number of carbonyl (C=O) groups is 3. The van der Waals surface area contributed by atoms with Crippen molar-refractivity contribution in [1.82, 2.24) is 10.2 Å². The molecule has 3 atom stereocenters. The first-order chi connectivity index (χ1) is 13.0.